The third kappa shape index (κ3) is 5.81. The van der Waals surface area contributed by atoms with Crippen LogP contribution in [0.4, 0.5) is 11.4 Å². The predicted molar refractivity (Wildman–Crippen MR) is 143 cm³/mol. The third-order valence-corrected chi connectivity index (χ3v) is 5.75. The minimum absolute atomic E-state index is 0.0603. The topological polar surface area (TPSA) is 85.2 Å². The number of nitrogens with one attached hydrogen (secondary N) is 2. The third-order valence-electron chi connectivity index (χ3n) is 5.75. The molecule has 0 saturated carbocycles. The summed E-state index contributed by atoms with van der Waals surface area (Å²) in [6, 6.07) is 22.1. The van der Waals surface area contributed by atoms with Crippen LogP contribution in [-0.4, -0.2) is 21.7 Å². The van der Waals surface area contributed by atoms with E-state index in [1.165, 1.54) is 10.9 Å². The van der Waals surface area contributed by atoms with Crippen molar-refractivity contribution in [3.05, 3.63) is 106 Å². The lowest BCUT2D eigenvalue weighted by molar-refractivity contribution is 0.0939. The number of carbonyl (C=O) groups excluding carboxylic acids is 1. The van der Waals surface area contributed by atoms with Gasteiger partial charge in [-0.2, -0.15) is 9.78 Å². The zero-order chi connectivity index (χ0) is 25.7. The van der Waals surface area contributed by atoms with Gasteiger partial charge in [-0.25, -0.2) is 0 Å². The maximum Gasteiger partial charge on any atom is 0.299 e. The van der Waals surface area contributed by atoms with Crippen molar-refractivity contribution in [2.45, 2.75) is 40.2 Å². The highest BCUT2D eigenvalue weighted by molar-refractivity contribution is 5.95. The van der Waals surface area contributed by atoms with Gasteiger partial charge in [0.2, 0.25) is 0 Å². The van der Waals surface area contributed by atoms with Crippen LogP contribution in [0.5, 0.6) is 11.5 Å². The number of anilines is 2. The summed E-state index contributed by atoms with van der Waals surface area (Å²) in [4.78, 5) is 26.3. The normalized spacial score (nSPS) is 11.6. The van der Waals surface area contributed by atoms with Gasteiger partial charge in [0.1, 0.15) is 5.75 Å². The number of hydrogen-bond donors (Lipinski definition) is 2. The van der Waals surface area contributed by atoms with E-state index < -0.39 is 0 Å². The Morgan fingerprint density at radius 1 is 1.00 bits per heavy atom. The average Bonchev–Trinajstić information content (AvgIpc) is 2.86. The number of rotatable bonds is 8. The van der Waals surface area contributed by atoms with Crippen molar-refractivity contribution in [3.63, 3.8) is 0 Å². The number of nitrogens with zero attached hydrogens (tertiary/aromatic N) is 2. The number of aromatic nitrogens is 2. The van der Waals surface area contributed by atoms with E-state index in [0.29, 0.717) is 22.7 Å². The molecular weight excluding hydrogens is 452 g/mol. The summed E-state index contributed by atoms with van der Waals surface area (Å²) in [5, 5.41) is 10.5. The first-order valence-corrected chi connectivity index (χ1v) is 12.0. The fourth-order valence-corrected chi connectivity index (χ4v) is 3.79. The van der Waals surface area contributed by atoms with Crippen LogP contribution in [-0.2, 0) is 0 Å². The van der Waals surface area contributed by atoms with Crippen LogP contribution in [0.15, 0.2) is 83.8 Å². The molecule has 4 rings (SSSR count). The van der Waals surface area contributed by atoms with Crippen molar-refractivity contribution in [3.8, 4) is 17.2 Å². The van der Waals surface area contributed by atoms with Gasteiger partial charge < -0.3 is 15.4 Å². The maximum absolute atomic E-state index is 13.6. The summed E-state index contributed by atoms with van der Waals surface area (Å²) in [6.07, 6.45) is 2.35. The molecule has 1 atom stereocenters. The maximum atomic E-state index is 13.6. The van der Waals surface area contributed by atoms with Crippen molar-refractivity contribution in [2.75, 3.05) is 5.32 Å². The second-order valence-electron chi connectivity index (χ2n) is 8.85. The van der Waals surface area contributed by atoms with Crippen LogP contribution >= 0.6 is 0 Å². The molecule has 0 aliphatic rings. The van der Waals surface area contributed by atoms with Gasteiger partial charge in [-0.15, -0.1) is 0 Å². The molecule has 0 radical (unpaired) electrons. The first-order valence-electron chi connectivity index (χ1n) is 12.0. The zero-order valence-electron chi connectivity index (χ0n) is 20.9. The van der Waals surface area contributed by atoms with Crippen LogP contribution in [0.2, 0.25) is 0 Å². The molecule has 1 heterocycles. The first-order chi connectivity index (χ1) is 17.3. The molecule has 0 bridgehead atoms. The summed E-state index contributed by atoms with van der Waals surface area (Å²) < 4.78 is 7.46. The lowest BCUT2D eigenvalue weighted by Gasteiger charge is -2.16. The molecule has 1 amide bonds. The van der Waals surface area contributed by atoms with Crippen LogP contribution in [0.3, 0.4) is 0 Å². The summed E-state index contributed by atoms with van der Waals surface area (Å²) >= 11 is 0. The Bertz CT molecular complexity index is 1410. The number of para-hydroxylation sites is 1. The van der Waals surface area contributed by atoms with E-state index in [9.17, 15) is 9.59 Å². The fourth-order valence-electron chi connectivity index (χ4n) is 3.79. The quantitative estimate of drug-likeness (QED) is 0.326. The molecule has 7 heteroatoms. The lowest BCUT2D eigenvalue weighted by atomic mass is 10.1. The summed E-state index contributed by atoms with van der Waals surface area (Å²) in [5.74, 6) is 0.721. The highest BCUT2D eigenvalue weighted by Gasteiger charge is 2.17. The monoisotopic (exact) mass is 482 g/mol. The summed E-state index contributed by atoms with van der Waals surface area (Å²) in [5.41, 5.74) is 3.64. The van der Waals surface area contributed by atoms with Gasteiger partial charge in [0.05, 0.1) is 11.9 Å². The second kappa shape index (κ2) is 10.9. The molecule has 0 fully saturated rings. The molecule has 1 aromatic heterocycles. The Labute approximate surface area is 210 Å². The molecule has 0 aliphatic heterocycles. The van der Waals surface area contributed by atoms with Crippen molar-refractivity contribution in [2.24, 2.45) is 0 Å². The van der Waals surface area contributed by atoms with Crippen LogP contribution in [0, 0.1) is 13.8 Å². The van der Waals surface area contributed by atoms with Gasteiger partial charge in [-0.1, -0.05) is 37.3 Å². The number of ether oxygens (including phenoxy) is 1. The molecular formula is C29H30N4O3. The molecule has 0 spiro atoms. The summed E-state index contributed by atoms with van der Waals surface area (Å²) in [6.45, 7) is 7.95. The average molecular weight is 483 g/mol. The van der Waals surface area contributed by atoms with Crippen LogP contribution in [0.1, 0.15) is 41.8 Å². The molecule has 4 aromatic rings. The van der Waals surface area contributed by atoms with E-state index in [1.54, 1.807) is 24.3 Å². The second-order valence-corrected chi connectivity index (χ2v) is 8.85. The Morgan fingerprint density at radius 2 is 1.72 bits per heavy atom. The van der Waals surface area contributed by atoms with E-state index in [4.69, 9.17) is 4.74 Å². The molecule has 36 heavy (non-hydrogen) atoms. The first kappa shape index (κ1) is 24.7. The van der Waals surface area contributed by atoms with Gasteiger partial charge in [0.15, 0.2) is 11.4 Å². The number of carbonyl (C=O) groups is 1. The number of amides is 1. The van der Waals surface area contributed by atoms with Crippen LogP contribution < -0.4 is 20.9 Å². The van der Waals surface area contributed by atoms with Gasteiger partial charge >= 0.3 is 0 Å². The van der Waals surface area contributed by atoms with Gasteiger partial charge in [0.25, 0.3) is 11.5 Å². The smallest absolute Gasteiger partial charge is 0.299 e. The largest absolute Gasteiger partial charge is 0.453 e. The van der Waals surface area contributed by atoms with E-state index in [1.807, 2.05) is 76.2 Å². The Balaban J connectivity index is 1.75. The van der Waals surface area contributed by atoms with Gasteiger partial charge in [0, 0.05) is 17.3 Å². The predicted octanol–water partition coefficient (Wildman–Crippen LogP) is 5.91. The van der Waals surface area contributed by atoms with Crippen molar-refractivity contribution in [1.29, 1.82) is 0 Å². The lowest BCUT2D eigenvalue weighted by Crippen LogP contribution is -2.31. The van der Waals surface area contributed by atoms with Crippen molar-refractivity contribution < 1.29 is 9.53 Å². The van der Waals surface area contributed by atoms with Crippen molar-refractivity contribution in [1.82, 2.24) is 15.1 Å². The minimum atomic E-state index is -0.377. The van der Waals surface area contributed by atoms with E-state index in [2.05, 4.69) is 15.7 Å². The highest BCUT2D eigenvalue weighted by atomic mass is 16.5. The fraction of sp³-hybridized carbons (Fsp3) is 0.207. The minimum Gasteiger partial charge on any atom is -0.453 e. The van der Waals surface area contributed by atoms with E-state index >= 15 is 0 Å². The number of benzene rings is 3. The standard InChI is InChI=1S/C29H30N4O3/c1-5-21(4)31-28(34)22-10-9-11-23(17-22)32-27-26(36-25-15-19(2)14-20(3)16-25)18-30-33(29(27)35)24-12-7-6-8-13-24/h6-18,21,32H,5H2,1-4H3,(H,31,34). The molecule has 0 saturated heterocycles. The summed E-state index contributed by atoms with van der Waals surface area (Å²) in [7, 11) is 0. The number of aryl methyl sites for hydroxylation is 2. The molecule has 1 unspecified atom stereocenters. The number of hydrogen-bond acceptors (Lipinski definition) is 5. The van der Waals surface area contributed by atoms with E-state index in [0.717, 1.165) is 17.5 Å². The van der Waals surface area contributed by atoms with Crippen molar-refractivity contribution >= 4 is 17.3 Å². The molecule has 7 nitrogen and oxygen atoms in total. The highest BCUT2D eigenvalue weighted by Crippen LogP contribution is 2.30. The Kier molecular flexibility index (Phi) is 7.49. The zero-order valence-corrected chi connectivity index (χ0v) is 20.9. The van der Waals surface area contributed by atoms with Gasteiger partial charge in [-0.05, 0) is 80.8 Å². The molecule has 0 aliphatic carbocycles. The SMILES string of the molecule is CCC(C)NC(=O)c1cccc(Nc2c(Oc3cc(C)cc(C)c3)cnn(-c3ccccc3)c2=O)c1. The Hall–Kier alpha value is -4.39. The molecule has 2 N–H and O–H groups in total. The molecule has 184 valence electrons. The Morgan fingerprint density at radius 3 is 2.42 bits per heavy atom. The van der Waals surface area contributed by atoms with Crippen LogP contribution in [0.25, 0.3) is 5.69 Å². The van der Waals surface area contributed by atoms with E-state index in [-0.39, 0.29) is 28.9 Å². The van der Waals surface area contributed by atoms with Gasteiger partial charge in [-0.3, -0.25) is 9.59 Å². The molecule has 3 aromatic carbocycles.